The first-order valence-electron chi connectivity index (χ1n) is 10.0. The Morgan fingerprint density at radius 2 is 1.92 bits per heavy atom. The number of phenols is 1. The number of amides is 1. The first kappa shape index (κ1) is 17.4. The first-order chi connectivity index (χ1) is 12.6. The quantitative estimate of drug-likeness (QED) is 0.788. The smallest absolute Gasteiger partial charge is 0.255 e. The Labute approximate surface area is 154 Å². The van der Waals surface area contributed by atoms with Crippen LogP contribution in [0.5, 0.6) is 5.75 Å². The van der Waals surface area contributed by atoms with Gasteiger partial charge in [-0.2, -0.15) is 0 Å². The lowest BCUT2D eigenvalue weighted by Crippen LogP contribution is -3.11. The van der Waals surface area contributed by atoms with E-state index in [4.69, 9.17) is 4.42 Å². The number of rotatable bonds is 4. The Morgan fingerprint density at radius 3 is 2.65 bits per heavy atom. The van der Waals surface area contributed by atoms with Gasteiger partial charge in [-0.1, -0.05) is 12.8 Å². The van der Waals surface area contributed by atoms with Crippen LogP contribution < -0.4 is 10.2 Å². The Morgan fingerprint density at radius 1 is 1.19 bits per heavy atom. The SMILES string of the molecule is Cc1oc2ccc(O)c(C[NH+]3CCCCC3)c2c1C(=O)NC1CCCC1. The predicted molar refractivity (Wildman–Crippen MR) is 101 cm³/mol. The number of quaternary nitrogens is 1. The maximum Gasteiger partial charge on any atom is 0.255 e. The predicted octanol–water partition coefficient (Wildman–Crippen LogP) is 2.69. The van der Waals surface area contributed by atoms with E-state index >= 15 is 0 Å². The number of carbonyl (C=O) groups is 1. The maximum absolute atomic E-state index is 13.0. The van der Waals surface area contributed by atoms with Gasteiger partial charge in [-0.05, 0) is 51.2 Å². The van der Waals surface area contributed by atoms with Crippen LogP contribution in [0.4, 0.5) is 0 Å². The number of likely N-dealkylation sites (tertiary alicyclic amines) is 1. The van der Waals surface area contributed by atoms with Crippen LogP contribution in [0.25, 0.3) is 11.0 Å². The molecule has 0 atom stereocenters. The maximum atomic E-state index is 13.0. The van der Waals surface area contributed by atoms with Crippen molar-refractivity contribution in [2.45, 2.75) is 64.5 Å². The van der Waals surface area contributed by atoms with E-state index in [1.807, 2.05) is 6.92 Å². The third-order valence-corrected chi connectivity index (χ3v) is 6.02. The van der Waals surface area contributed by atoms with Crippen molar-refractivity contribution >= 4 is 16.9 Å². The van der Waals surface area contributed by atoms with Crippen LogP contribution in [0.3, 0.4) is 0 Å². The summed E-state index contributed by atoms with van der Waals surface area (Å²) in [6.07, 6.45) is 8.21. The van der Waals surface area contributed by atoms with Crippen molar-refractivity contribution in [3.05, 3.63) is 29.0 Å². The van der Waals surface area contributed by atoms with E-state index in [1.165, 1.54) is 37.0 Å². The Hall–Kier alpha value is -2.01. The number of benzene rings is 1. The van der Waals surface area contributed by atoms with E-state index < -0.39 is 0 Å². The molecular weight excluding hydrogens is 328 g/mol. The van der Waals surface area contributed by atoms with Gasteiger partial charge in [0.05, 0.1) is 24.2 Å². The molecule has 140 valence electrons. The van der Waals surface area contributed by atoms with E-state index in [9.17, 15) is 9.90 Å². The molecule has 0 spiro atoms. The van der Waals surface area contributed by atoms with Crippen molar-refractivity contribution < 1.29 is 19.2 Å². The number of nitrogens with one attached hydrogen (secondary N) is 2. The highest BCUT2D eigenvalue weighted by Crippen LogP contribution is 2.34. The van der Waals surface area contributed by atoms with Crippen molar-refractivity contribution in [2.75, 3.05) is 13.1 Å². The van der Waals surface area contributed by atoms with Gasteiger partial charge >= 0.3 is 0 Å². The van der Waals surface area contributed by atoms with Gasteiger partial charge in [0.2, 0.25) is 0 Å². The zero-order valence-electron chi connectivity index (χ0n) is 15.6. The van der Waals surface area contributed by atoms with Gasteiger partial charge in [0, 0.05) is 11.4 Å². The third-order valence-electron chi connectivity index (χ3n) is 6.02. The molecule has 1 aliphatic carbocycles. The highest BCUT2D eigenvalue weighted by molar-refractivity contribution is 6.09. The van der Waals surface area contributed by atoms with Crippen LogP contribution in [0.2, 0.25) is 0 Å². The second-order valence-electron chi connectivity index (χ2n) is 7.91. The van der Waals surface area contributed by atoms with Crippen molar-refractivity contribution in [1.82, 2.24) is 5.32 Å². The van der Waals surface area contributed by atoms with Crippen LogP contribution in [0.1, 0.15) is 66.6 Å². The normalized spacial score (nSPS) is 19.3. The lowest BCUT2D eigenvalue weighted by atomic mass is 10.0. The summed E-state index contributed by atoms with van der Waals surface area (Å²) >= 11 is 0. The minimum atomic E-state index is -0.0614. The van der Waals surface area contributed by atoms with Crippen LogP contribution >= 0.6 is 0 Å². The second-order valence-corrected chi connectivity index (χ2v) is 7.91. The van der Waals surface area contributed by atoms with Crippen LogP contribution in [-0.4, -0.2) is 30.1 Å². The average Bonchev–Trinajstić information content (AvgIpc) is 3.25. The van der Waals surface area contributed by atoms with E-state index in [0.29, 0.717) is 16.9 Å². The summed E-state index contributed by atoms with van der Waals surface area (Å²) in [4.78, 5) is 14.5. The minimum Gasteiger partial charge on any atom is -0.507 e. The summed E-state index contributed by atoms with van der Waals surface area (Å²) < 4.78 is 5.89. The molecule has 2 heterocycles. The van der Waals surface area contributed by atoms with Gasteiger partial charge in [-0.3, -0.25) is 4.79 Å². The zero-order chi connectivity index (χ0) is 18.1. The number of phenolic OH excluding ortho intramolecular Hbond substituents is 1. The van der Waals surface area contributed by atoms with Crippen molar-refractivity contribution in [3.8, 4) is 5.75 Å². The van der Waals surface area contributed by atoms with Crippen molar-refractivity contribution in [2.24, 2.45) is 0 Å². The number of aryl methyl sites for hydroxylation is 1. The van der Waals surface area contributed by atoms with Crippen molar-refractivity contribution in [1.29, 1.82) is 0 Å². The van der Waals surface area contributed by atoms with E-state index in [-0.39, 0.29) is 17.7 Å². The molecule has 1 amide bonds. The van der Waals surface area contributed by atoms with Crippen LogP contribution in [0, 0.1) is 6.92 Å². The molecule has 2 aliphatic rings. The number of aromatic hydroxyl groups is 1. The summed E-state index contributed by atoms with van der Waals surface area (Å²) in [7, 11) is 0. The minimum absolute atomic E-state index is 0.0614. The fourth-order valence-corrected chi connectivity index (χ4v) is 4.63. The number of furan rings is 1. The van der Waals surface area contributed by atoms with Gasteiger partial charge in [0.15, 0.2) is 0 Å². The fourth-order valence-electron chi connectivity index (χ4n) is 4.63. The Kier molecular flexibility index (Phi) is 4.90. The summed E-state index contributed by atoms with van der Waals surface area (Å²) in [5.74, 6) is 0.843. The third kappa shape index (κ3) is 3.32. The van der Waals surface area contributed by atoms with E-state index in [2.05, 4.69) is 5.32 Å². The number of piperidine rings is 1. The second kappa shape index (κ2) is 7.31. The molecule has 1 saturated heterocycles. The summed E-state index contributed by atoms with van der Waals surface area (Å²) in [5, 5.41) is 14.5. The standard InChI is InChI=1S/C21H28N2O3/c1-14-19(21(25)22-15-7-3-4-8-15)20-16(13-23-11-5-2-6-12-23)17(24)9-10-18(20)26-14/h9-10,15,24H,2-8,11-13H2,1H3,(H,22,25)/p+1. The molecule has 4 rings (SSSR count). The average molecular weight is 357 g/mol. The summed E-state index contributed by atoms with van der Waals surface area (Å²) in [6, 6.07) is 3.74. The molecule has 1 aromatic heterocycles. The summed E-state index contributed by atoms with van der Waals surface area (Å²) in [5.41, 5.74) is 2.16. The monoisotopic (exact) mass is 357 g/mol. The molecule has 0 radical (unpaired) electrons. The highest BCUT2D eigenvalue weighted by atomic mass is 16.3. The number of carbonyl (C=O) groups excluding carboxylic acids is 1. The molecule has 5 nitrogen and oxygen atoms in total. The molecule has 1 aliphatic heterocycles. The molecule has 0 unspecified atom stereocenters. The molecule has 1 aromatic carbocycles. The van der Waals surface area contributed by atoms with Crippen molar-refractivity contribution in [3.63, 3.8) is 0 Å². The molecular formula is C21H29N2O3+. The molecule has 1 saturated carbocycles. The van der Waals surface area contributed by atoms with Crippen LogP contribution in [-0.2, 0) is 6.54 Å². The summed E-state index contributed by atoms with van der Waals surface area (Å²) in [6.45, 7) is 4.83. The lowest BCUT2D eigenvalue weighted by Gasteiger charge is -2.24. The van der Waals surface area contributed by atoms with E-state index in [1.54, 1.807) is 12.1 Å². The topological polar surface area (TPSA) is 66.9 Å². The highest BCUT2D eigenvalue weighted by Gasteiger charge is 2.27. The fraction of sp³-hybridized carbons (Fsp3) is 0.571. The lowest BCUT2D eigenvalue weighted by molar-refractivity contribution is -0.918. The van der Waals surface area contributed by atoms with Gasteiger partial charge in [0.1, 0.15) is 23.6 Å². The van der Waals surface area contributed by atoms with Crippen LogP contribution in [0.15, 0.2) is 16.5 Å². The van der Waals surface area contributed by atoms with Gasteiger partial charge < -0.3 is 19.7 Å². The molecule has 26 heavy (non-hydrogen) atoms. The molecule has 2 fully saturated rings. The number of hydrogen-bond donors (Lipinski definition) is 3. The van der Waals surface area contributed by atoms with E-state index in [0.717, 1.165) is 43.4 Å². The molecule has 2 aromatic rings. The molecule has 0 bridgehead atoms. The first-order valence-corrected chi connectivity index (χ1v) is 10.0. The molecule has 5 heteroatoms. The van der Waals surface area contributed by atoms with Gasteiger partial charge in [-0.25, -0.2) is 0 Å². The number of fused-ring (bicyclic) bond motifs is 1. The largest absolute Gasteiger partial charge is 0.507 e. The zero-order valence-corrected chi connectivity index (χ0v) is 15.6. The Bertz CT molecular complexity index is 799. The van der Waals surface area contributed by atoms with Gasteiger partial charge in [-0.15, -0.1) is 0 Å². The number of hydrogen-bond acceptors (Lipinski definition) is 3. The van der Waals surface area contributed by atoms with Gasteiger partial charge in [0.25, 0.3) is 5.91 Å². The Balaban J connectivity index is 1.70. The molecule has 3 N–H and O–H groups in total.